The molecule has 0 N–H and O–H groups in total. The Morgan fingerprint density at radius 1 is 0.410 bits per heavy atom. The zero-order valence-electron chi connectivity index (χ0n) is 39.5. The first-order chi connectivity index (χ1) is 32.4. The Morgan fingerprint density at radius 2 is 0.934 bits per heavy atom. The third-order valence-corrected chi connectivity index (χ3v) is 13.3. The van der Waals surface area contributed by atoms with E-state index < -0.39 is 19.1 Å². The highest BCUT2D eigenvalue weighted by atomic mass is 16.3. The summed E-state index contributed by atoms with van der Waals surface area (Å²) in [7, 11) is 0. The summed E-state index contributed by atoms with van der Waals surface area (Å²) in [5, 5.41) is 1.86. The van der Waals surface area contributed by atoms with Crippen molar-refractivity contribution in [2.24, 2.45) is 0 Å². The fourth-order valence-electron chi connectivity index (χ4n) is 10.3. The van der Waals surface area contributed by atoms with Crippen molar-refractivity contribution >= 4 is 39.0 Å². The van der Waals surface area contributed by atoms with Gasteiger partial charge in [-0.1, -0.05) is 196 Å². The number of furan rings is 1. The van der Waals surface area contributed by atoms with E-state index in [2.05, 4.69) is 127 Å². The highest BCUT2D eigenvalue weighted by Crippen LogP contribution is 2.54. The lowest BCUT2D eigenvalue weighted by molar-refractivity contribution is 0.660. The molecule has 0 saturated carbocycles. The number of hydrogen-bond acceptors (Lipinski definition) is 2. The molecule has 0 amide bonds. The number of nitrogens with zero attached hydrogens (tertiary/aromatic N) is 1. The molecule has 9 aromatic carbocycles. The Kier molecular flexibility index (Phi) is 6.48. The summed E-state index contributed by atoms with van der Waals surface area (Å²) in [6.45, 7) is -3.51. The van der Waals surface area contributed by atoms with Gasteiger partial charge < -0.3 is 9.32 Å². The molecule has 0 fully saturated rings. The average molecular weight is 788 g/mol. The smallest absolute Gasteiger partial charge is 0.159 e. The van der Waals surface area contributed by atoms with Gasteiger partial charge in [0.25, 0.3) is 0 Å². The lowest BCUT2D eigenvalue weighted by Crippen LogP contribution is -2.22. The molecule has 1 heterocycles. The minimum absolute atomic E-state index is 0.245. The van der Waals surface area contributed by atoms with Gasteiger partial charge in [-0.2, -0.15) is 0 Å². The number of para-hydroxylation sites is 3. The fourth-order valence-corrected chi connectivity index (χ4v) is 10.3. The molecule has 290 valence electrons. The lowest BCUT2D eigenvalue weighted by Gasteiger charge is -2.29. The van der Waals surface area contributed by atoms with Crippen molar-refractivity contribution in [1.29, 1.82) is 0 Å². The highest BCUT2D eigenvalue weighted by molar-refractivity contribution is 6.14. The first kappa shape index (κ1) is 29.7. The van der Waals surface area contributed by atoms with E-state index in [9.17, 15) is 0 Å². The van der Waals surface area contributed by atoms with E-state index in [4.69, 9.17) is 12.6 Å². The van der Waals surface area contributed by atoms with Crippen LogP contribution in [0.25, 0.3) is 66.4 Å². The average Bonchev–Trinajstić information content (AvgIpc) is 3.97. The second kappa shape index (κ2) is 13.3. The van der Waals surface area contributed by atoms with Crippen LogP contribution in [0.3, 0.4) is 0 Å². The predicted molar refractivity (Wildman–Crippen MR) is 254 cm³/mol. The Bertz CT molecular complexity index is 3530. The molecule has 0 atom stereocenters. The van der Waals surface area contributed by atoms with Gasteiger partial charge in [-0.05, 0) is 92.4 Å². The van der Waals surface area contributed by atoms with Gasteiger partial charge in [-0.15, -0.1) is 0 Å². The largest absolute Gasteiger partial charge is 0.453 e. The molecule has 0 bridgehead atoms. The third kappa shape index (κ3) is 5.15. The Labute approximate surface area is 365 Å². The van der Waals surface area contributed by atoms with Gasteiger partial charge in [0.05, 0.1) is 11.4 Å². The summed E-state index contributed by atoms with van der Waals surface area (Å²) in [4.78, 5) is 2.09. The monoisotopic (exact) mass is 787 g/mol. The molecular weight excluding hydrogens is 739 g/mol. The van der Waals surface area contributed by atoms with E-state index in [-0.39, 0.29) is 16.5 Å². The van der Waals surface area contributed by atoms with Crippen LogP contribution in [-0.4, -0.2) is 0 Å². The summed E-state index contributed by atoms with van der Waals surface area (Å²) in [6.07, 6.45) is 0. The van der Waals surface area contributed by atoms with E-state index in [0.717, 1.165) is 44.3 Å². The Balaban J connectivity index is 1.06. The van der Waals surface area contributed by atoms with Crippen molar-refractivity contribution in [2.75, 3.05) is 4.90 Å². The van der Waals surface area contributed by atoms with Gasteiger partial charge in [0.1, 0.15) is 5.58 Å². The summed E-state index contributed by atoms with van der Waals surface area (Å²) in [5.74, 6) is 0. The minimum Gasteiger partial charge on any atom is -0.453 e. The molecule has 0 unspecified atom stereocenters. The zero-order valence-corrected chi connectivity index (χ0v) is 33.5. The standard InChI is InChI=1S/C59H43NO/c1-58(2)50-26-11-7-20-44(50)47-36-35-41(37-53(47)58)60(54-29-14-10-19-42(54)38-17-5-4-6-18-38)55-30-16-25-49-48-24-15-23-43(56(48)61-57(49)55)39-31-33-40(34-32-39)59(3)51-27-12-8-21-45(51)46-22-9-13-28-52(46)59/h4-37H,1-3H3/i1D3,2D3. The Hall–Kier alpha value is -7.42. The van der Waals surface area contributed by atoms with E-state index in [1.807, 2.05) is 72.8 Å². The minimum atomic E-state index is -2.91. The van der Waals surface area contributed by atoms with E-state index in [1.165, 1.54) is 27.8 Å². The van der Waals surface area contributed by atoms with Gasteiger partial charge in [-0.3, -0.25) is 0 Å². The van der Waals surface area contributed by atoms with Crippen LogP contribution in [0, 0.1) is 0 Å². The SMILES string of the molecule is [2H]C([2H])([2H])C1(C([2H])([2H])[2H])c2ccccc2-c2ccc(N(c3ccccc3-c3ccccc3)c3cccc4c3oc3c(-c5ccc(C6(C)c7ccccc7-c7ccccc76)cc5)cccc34)cc21. The molecule has 2 nitrogen and oxygen atoms in total. The third-order valence-electron chi connectivity index (χ3n) is 13.3. The molecule has 0 saturated heterocycles. The van der Waals surface area contributed by atoms with Crippen molar-refractivity contribution in [3.05, 3.63) is 234 Å². The molecule has 2 heteroatoms. The van der Waals surface area contributed by atoms with Crippen LogP contribution in [0.2, 0.25) is 0 Å². The molecule has 0 aliphatic heterocycles. The number of fused-ring (bicyclic) bond motifs is 9. The topological polar surface area (TPSA) is 16.4 Å². The van der Waals surface area contributed by atoms with Crippen LogP contribution in [0.15, 0.2) is 211 Å². The van der Waals surface area contributed by atoms with Crippen molar-refractivity contribution < 1.29 is 12.6 Å². The van der Waals surface area contributed by atoms with Crippen molar-refractivity contribution in [1.82, 2.24) is 0 Å². The second-order valence-corrected chi connectivity index (χ2v) is 16.5. The number of anilines is 3. The molecule has 0 spiro atoms. The summed E-state index contributed by atoms with van der Waals surface area (Å²) in [5.41, 5.74) is 12.9. The maximum absolute atomic E-state index is 8.98. The fraction of sp³-hybridized carbons (Fsp3) is 0.0847. The molecule has 61 heavy (non-hydrogen) atoms. The van der Waals surface area contributed by atoms with Gasteiger partial charge >= 0.3 is 0 Å². The number of benzene rings is 9. The van der Waals surface area contributed by atoms with Crippen LogP contribution in [-0.2, 0) is 10.8 Å². The van der Waals surface area contributed by atoms with Crippen molar-refractivity contribution in [3.8, 4) is 44.5 Å². The van der Waals surface area contributed by atoms with E-state index in [0.29, 0.717) is 28.1 Å². The van der Waals surface area contributed by atoms with Gasteiger partial charge in [-0.25, -0.2) is 0 Å². The number of hydrogen-bond donors (Lipinski definition) is 0. The molecule has 2 aliphatic rings. The Morgan fingerprint density at radius 3 is 1.64 bits per heavy atom. The summed E-state index contributed by atoms with van der Waals surface area (Å²) in [6, 6.07) is 69.5. The highest BCUT2D eigenvalue weighted by Gasteiger charge is 2.40. The predicted octanol–water partition coefficient (Wildman–Crippen LogP) is 16.0. The number of rotatable bonds is 6. The van der Waals surface area contributed by atoms with Gasteiger partial charge in [0.15, 0.2) is 5.58 Å². The second-order valence-electron chi connectivity index (χ2n) is 16.5. The van der Waals surface area contributed by atoms with Crippen LogP contribution in [0.4, 0.5) is 17.1 Å². The quantitative estimate of drug-likeness (QED) is 0.167. The van der Waals surface area contributed by atoms with E-state index in [1.54, 1.807) is 18.2 Å². The summed E-state index contributed by atoms with van der Waals surface area (Å²) >= 11 is 0. The van der Waals surface area contributed by atoms with Crippen LogP contribution in [0.5, 0.6) is 0 Å². The molecular formula is C59H43NO. The molecule has 0 radical (unpaired) electrons. The maximum atomic E-state index is 8.98. The molecule has 2 aliphatic carbocycles. The summed E-state index contributed by atoms with van der Waals surface area (Å²) < 4.78 is 61.0. The van der Waals surface area contributed by atoms with Gasteiger partial charge in [0.2, 0.25) is 0 Å². The molecule has 10 aromatic rings. The van der Waals surface area contributed by atoms with Crippen LogP contribution in [0.1, 0.15) is 56.7 Å². The van der Waals surface area contributed by atoms with Crippen LogP contribution >= 0.6 is 0 Å². The molecule has 12 rings (SSSR count). The normalized spacial score (nSPS) is 16.0. The van der Waals surface area contributed by atoms with Crippen molar-refractivity contribution in [3.63, 3.8) is 0 Å². The first-order valence-electron chi connectivity index (χ1n) is 23.8. The first-order valence-corrected chi connectivity index (χ1v) is 20.8. The zero-order chi connectivity index (χ0) is 45.9. The van der Waals surface area contributed by atoms with Crippen LogP contribution < -0.4 is 4.90 Å². The van der Waals surface area contributed by atoms with Crippen molar-refractivity contribution in [2.45, 2.75) is 31.5 Å². The lowest BCUT2D eigenvalue weighted by atomic mass is 9.74. The maximum Gasteiger partial charge on any atom is 0.159 e. The molecule has 1 aromatic heterocycles. The van der Waals surface area contributed by atoms with E-state index >= 15 is 0 Å². The van der Waals surface area contributed by atoms with Gasteiger partial charge in [0, 0.05) is 46.6 Å².